The molecule has 410 valence electrons. The van der Waals surface area contributed by atoms with Crippen LogP contribution in [0.25, 0.3) is 10.4 Å². The molecule has 2 aromatic carbocycles. The number of likely N-dealkylation sites (tertiary alicyclic amines) is 1. The third kappa shape index (κ3) is 13.1. The molecular weight excluding hydrogens is 1030 g/mol. The molecular formula is C54H71ClFN11O7S2. The van der Waals surface area contributed by atoms with Crippen LogP contribution in [0, 0.1) is 23.2 Å². The van der Waals surface area contributed by atoms with E-state index in [1.807, 2.05) is 31.2 Å². The van der Waals surface area contributed by atoms with Gasteiger partial charge in [-0.05, 0) is 87.6 Å². The van der Waals surface area contributed by atoms with Gasteiger partial charge in [0.1, 0.15) is 40.7 Å². The van der Waals surface area contributed by atoms with Gasteiger partial charge in [-0.15, -0.1) is 11.3 Å². The van der Waals surface area contributed by atoms with Crippen molar-refractivity contribution in [2.24, 2.45) is 22.0 Å². The zero-order valence-corrected chi connectivity index (χ0v) is 46.8. The van der Waals surface area contributed by atoms with Gasteiger partial charge in [0.25, 0.3) is 5.91 Å². The second-order valence-electron chi connectivity index (χ2n) is 22.4. The van der Waals surface area contributed by atoms with Gasteiger partial charge in [-0.25, -0.2) is 19.3 Å². The fourth-order valence-corrected chi connectivity index (χ4v) is 11.5. The standard InChI is InChI=1S/C54H71ClFN11O7S2/c1-33-44(75-32-61-33)34-11-12-35(27-60-46(69)38-26-36(68)30-67(38)47(70)45(51(2,3)4)63-49(72)54(56)13-14-54)39(25-34)74-24-23-64-19-21-66(22-20-64)50(73)52(5,6)48(71)62-37-9-8-10-40(43(37)55)76-42-29-58-41(28-59-42)65-17-15-53(7,31-57)16-18-65/h8-12,25,28-29,32,36,38,45,68H,13-24,26-27,30-31,57H2,1-7H3,(H,60,69)(H,62,71)(H,63,72)/t36?,38?,45-/m1/s1. The zero-order valence-electron chi connectivity index (χ0n) is 44.4. The number of piperazine rings is 1. The molecule has 5 heterocycles. The molecule has 0 bridgehead atoms. The number of nitrogens with two attached hydrogens (primary N) is 1. The van der Waals surface area contributed by atoms with Crippen LogP contribution in [-0.4, -0.2) is 154 Å². The number of amides is 5. The summed E-state index contributed by atoms with van der Waals surface area (Å²) >= 11 is 9.70. The van der Waals surface area contributed by atoms with E-state index in [1.165, 1.54) is 28.0 Å². The summed E-state index contributed by atoms with van der Waals surface area (Å²) < 4.78 is 21.2. The number of piperidine rings is 1. The number of aryl methyl sites for hydroxylation is 1. The summed E-state index contributed by atoms with van der Waals surface area (Å²) in [6, 6.07) is 8.92. The van der Waals surface area contributed by atoms with Crippen LogP contribution in [0.2, 0.25) is 5.02 Å². The molecule has 22 heteroatoms. The molecule has 1 aliphatic carbocycles. The number of hydrogen-bond donors (Lipinski definition) is 5. The van der Waals surface area contributed by atoms with Gasteiger partial charge in [-0.2, -0.15) is 0 Å². The Labute approximate surface area is 457 Å². The van der Waals surface area contributed by atoms with E-state index < -0.39 is 58.3 Å². The predicted octanol–water partition coefficient (Wildman–Crippen LogP) is 6.08. The van der Waals surface area contributed by atoms with Gasteiger partial charge in [0.15, 0.2) is 5.67 Å². The number of rotatable bonds is 18. The van der Waals surface area contributed by atoms with Crippen molar-refractivity contribution in [1.82, 2.24) is 40.3 Å². The van der Waals surface area contributed by atoms with Crippen molar-refractivity contribution in [2.45, 2.75) is 121 Å². The number of hydrogen-bond acceptors (Lipinski definition) is 15. The van der Waals surface area contributed by atoms with Crippen molar-refractivity contribution in [1.29, 1.82) is 0 Å². The van der Waals surface area contributed by atoms with Crippen molar-refractivity contribution in [3.8, 4) is 16.2 Å². The largest absolute Gasteiger partial charge is 0.492 e. The Balaban J connectivity index is 0.839. The smallest absolute Gasteiger partial charge is 0.258 e. The van der Waals surface area contributed by atoms with E-state index in [4.69, 9.17) is 22.1 Å². The molecule has 2 aromatic heterocycles. The second kappa shape index (κ2) is 23.3. The molecule has 76 heavy (non-hydrogen) atoms. The van der Waals surface area contributed by atoms with E-state index >= 15 is 0 Å². The highest BCUT2D eigenvalue weighted by molar-refractivity contribution is 7.99. The summed E-state index contributed by atoms with van der Waals surface area (Å²) in [7, 11) is 0. The van der Waals surface area contributed by atoms with Crippen molar-refractivity contribution in [3.63, 3.8) is 0 Å². The maximum atomic E-state index is 14.7. The molecule has 1 saturated carbocycles. The highest BCUT2D eigenvalue weighted by Crippen LogP contribution is 2.41. The lowest BCUT2D eigenvalue weighted by atomic mass is 9.80. The quantitative estimate of drug-likeness (QED) is 0.0713. The van der Waals surface area contributed by atoms with Gasteiger partial charge in [-0.3, -0.25) is 28.9 Å². The summed E-state index contributed by atoms with van der Waals surface area (Å²) in [5, 5.41) is 20.1. The number of carbonyl (C=O) groups excluding carboxylic acids is 5. The van der Waals surface area contributed by atoms with Crippen molar-refractivity contribution in [3.05, 3.63) is 70.6 Å². The number of nitrogens with zero attached hydrogens (tertiary/aromatic N) is 7. The van der Waals surface area contributed by atoms with Crippen LogP contribution in [0.3, 0.4) is 0 Å². The Morgan fingerprint density at radius 3 is 2.34 bits per heavy atom. The Kier molecular flexibility index (Phi) is 17.4. The van der Waals surface area contributed by atoms with Gasteiger partial charge < -0.3 is 46.2 Å². The fourth-order valence-electron chi connectivity index (χ4n) is 9.61. The average Bonchev–Trinajstić information content (AvgIpc) is 3.81. The average molecular weight is 1100 g/mol. The number of aliphatic hydroxyl groups is 1. The molecule has 8 rings (SSSR count). The van der Waals surface area contributed by atoms with Crippen LogP contribution < -0.4 is 31.3 Å². The van der Waals surface area contributed by atoms with Gasteiger partial charge >= 0.3 is 0 Å². The Bertz CT molecular complexity index is 2780. The first kappa shape index (κ1) is 56.7. The topological polar surface area (TPSA) is 229 Å². The molecule has 4 aromatic rings. The summed E-state index contributed by atoms with van der Waals surface area (Å²) in [4.78, 5) is 91.3. The third-order valence-electron chi connectivity index (χ3n) is 15.1. The number of anilines is 2. The second-order valence-corrected chi connectivity index (χ2v) is 24.7. The number of ether oxygens (including phenoxy) is 1. The minimum atomic E-state index is -1.99. The Morgan fingerprint density at radius 2 is 1.71 bits per heavy atom. The van der Waals surface area contributed by atoms with Gasteiger partial charge in [0.05, 0.1) is 45.3 Å². The lowest BCUT2D eigenvalue weighted by Gasteiger charge is -2.39. The third-order valence-corrected chi connectivity index (χ3v) is 17.6. The number of alkyl halides is 1. The highest BCUT2D eigenvalue weighted by atomic mass is 35.5. The molecule has 18 nitrogen and oxygen atoms in total. The predicted molar refractivity (Wildman–Crippen MR) is 292 cm³/mol. The fraction of sp³-hybridized carbons (Fsp3) is 0.556. The Morgan fingerprint density at radius 1 is 0.987 bits per heavy atom. The summed E-state index contributed by atoms with van der Waals surface area (Å²) in [5.41, 5.74) is 6.53. The van der Waals surface area contributed by atoms with E-state index in [0.717, 1.165) is 47.9 Å². The van der Waals surface area contributed by atoms with E-state index in [9.17, 15) is 33.5 Å². The number of aliphatic hydroxyl groups excluding tert-OH is 1. The van der Waals surface area contributed by atoms with Crippen LogP contribution in [0.5, 0.6) is 5.75 Å². The molecule has 2 unspecified atom stereocenters. The van der Waals surface area contributed by atoms with E-state index in [1.54, 1.807) is 69.6 Å². The van der Waals surface area contributed by atoms with Crippen LogP contribution in [0.15, 0.2) is 64.2 Å². The van der Waals surface area contributed by atoms with Gasteiger partial charge in [-0.1, -0.05) is 69.3 Å². The van der Waals surface area contributed by atoms with Crippen molar-refractivity contribution < 1.29 is 38.2 Å². The molecule has 5 amide bonds. The number of aromatic nitrogens is 3. The number of nitrogens with one attached hydrogen (secondary N) is 3. The SMILES string of the molecule is Cc1ncsc1-c1ccc(CNC(=O)C2CC(O)CN2C(=O)[C@@H](NC(=O)C2(F)CC2)C(C)(C)C)c(OCCN2CCN(C(=O)C(C)(C)C(=O)Nc3cccc(Sc4cnc(N5CCC(C)(CN)CC5)cn4)c3Cl)CC2)c1. The number of benzene rings is 2. The number of thiazole rings is 1. The van der Waals surface area contributed by atoms with Crippen LogP contribution >= 0.6 is 34.7 Å². The zero-order chi connectivity index (χ0) is 54.7. The molecule has 0 spiro atoms. The molecule has 0 radical (unpaired) electrons. The molecule has 6 N–H and O–H groups in total. The monoisotopic (exact) mass is 1100 g/mol. The summed E-state index contributed by atoms with van der Waals surface area (Å²) in [5.74, 6) is -1.32. The van der Waals surface area contributed by atoms with E-state index in [2.05, 4.69) is 47.6 Å². The van der Waals surface area contributed by atoms with Gasteiger partial charge in [0.2, 0.25) is 23.6 Å². The molecule has 3 atom stereocenters. The minimum Gasteiger partial charge on any atom is -0.492 e. The number of β-amino-alcohol motifs (C(OH)–C–C–N with tert-alkyl or cyclic N) is 1. The van der Waals surface area contributed by atoms with E-state index in [0.29, 0.717) is 71.2 Å². The maximum Gasteiger partial charge on any atom is 0.258 e. The van der Waals surface area contributed by atoms with Crippen LogP contribution in [0.4, 0.5) is 15.9 Å². The Hall–Kier alpha value is -5.45. The first-order valence-electron chi connectivity index (χ1n) is 26.0. The molecule has 3 saturated heterocycles. The van der Waals surface area contributed by atoms with Crippen molar-refractivity contribution >= 4 is 75.7 Å². The lowest BCUT2D eigenvalue weighted by Crippen LogP contribution is -2.59. The molecule has 4 fully saturated rings. The molecule has 4 aliphatic rings. The van der Waals surface area contributed by atoms with Crippen molar-refractivity contribution in [2.75, 3.05) is 75.7 Å². The summed E-state index contributed by atoms with van der Waals surface area (Å²) in [6.45, 7) is 17.7. The van der Waals surface area contributed by atoms with Crippen LogP contribution in [-0.2, 0) is 30.5 Å². The van der Waals surface area contributed by atoms with Crippen LogP contribution in [0.1, 0.15) is 84.9 Å². The number of halogens is 2. The summed E-state index contributed by atoms with van der Waals surface area (Å²) in [6.07, 6.45) is 4.69. The normalized spacial score (nSPS) is 20.0. The number of carbonyl (C=O) groups is 5. The first-order valence-corrected chi connectivity index (χ1v) is 28.0. The lowest BCUT2D eigenvalue weighted by molar-refractivity contribution is -0.147. The first-order chi connectivity index (χ1) is 36.0. The molecule has 3 aliphatic heterocycles. The maximum absolute atomic E-state index is 14.7. The van der Waals surface area contributed by atoms with Gasteiger partial charge in [0, 0.05) is 75.8 Å². The highest BCUT2D eigenvalue weighted by Gasteiger charge is 2.53. The van der Waals surface area contributed by atoms with E-state index in [-0.39, 0.29) is 50.3 Å². The minimum absolute atomic E-state index is 0.00211.